The van der Waals surface area contributed by atoms with Crippen LogP contribution in [0.3, 0.4) is 0 Å². The van der Waals surface area contributed by atoms with Gasteiger partial charge in [-0.05, 0) is 60.7 Å². The first-order valence-corrected chi connectivity index (χ1v) is 8.08. The van der Waals surface area contributed by atoms with E-state index in [1.54, 1.807) is 12.1 Å². The Bertz CT molecular complexity index is 822. The lowest BCUT2D eigenvalue weighted by molar-refractivity contribution is -0.121. The van der Waals surface area contributed by atoms with Crippen molar-refractivity contribution in [2.75, 3.05) is 14.2 Å². The number of allylic oxidation sites excluding steroid dienone is 2. The zero-order chi connectivity index (χ0) is 19.8. The number of phenols is 2. The molecular formula is C21H20O6. The van der Waals surface area contributed by atoms with Gasteiger partial charge in [0.15, 0.2) is 11.6 Å². The average Bonchev–Trinajstić information content (AvgIpc) is 2.65. The standard InChI is InChI=1S/C21H20O6/c1-26-20-9-7-16(22)11-14(20)3-5-18(24)13-19(25)6-4-15-12-17(23)8-10-21(15)27-2/h3-12,22-23H,13H2,1-2H3/b5-3+,6-4+. The highest BCUT2D eigenvalue weighted by molar-refractivity contribution is 6.11. The Balaban J connectivity index is 2.03. The quantitative estimate of drug-likeness (QED) is 0.548. The highest BCUT2D eigenvalue weighted by Crippen LogP contribution is 2.25. The van der Waals surface area contributed by atoms with E-state index in [0.29, 0.717) is 22.6 Å². The van der Waals surface area contributed by atoms with E-state index in [2.05, 4.69) is 0 Å². The van der Waals surface area contributed by atoms with Gasteiger partial charge >= 0.3 is 0 Å². The van der Waals surface area contributed by atoms with Crippen molar-refractivity contribution in [3.05, 3.63) is 59.7 Å². The molecule has 140 valence electrons. The number of carbonyl (C=O) groups is 2. The third kappa shape index (κ3) is 5.74. The maximum atomic E-state index is 12.0. The normalized spacial score (nSPS) is 11.0. The summed E-state index contributed by atoms with van der Waals surface area (Å²) in [6, 6.07) is 9.02. The van der Waals surface area contributed by atoms with Gasteiger partial charge < -0.3 is 19.7 Å². The summed E-state index contributed by atoms with van der Waals surface area (Å²) in [6.07, 6.45) is 5.18. The van der Waals surface area contributed by atoms with E-state index >= 15 is 0 Å². The lowest BCUT2D eigenvalue weighted by Gasteiger charge is -2.05. The number of methoxy groups -OCH3 is 2. The number of ether oxygens (including phenoxy) is 2. The van der Waals surface area contributed by atoms with Crippen molar-refractivity contribution >= 4 is 23.7 Å². The maximum absolute atomic E-state index is 12.0. The smallest absolute Gasteiger partial charge is 0.163 e. The Morgan fingerprint density at radius 3 is 1.59 bits per heavy atom. The Morgan fingerprint density at radius 2 is 1.22 bits per heavy atom. The Kier molecular flexibility index (Phi) is 6.77. The van der Waals surface area contributed by atoms with E-state index < -0.39 is 11.6 Å². The van der Waals surface area contributed by atoms with E-state index in [4.69, 9.17) is 9.47 Å². The van der Waals surface area contributed by atoms with Gasteiger partial charge in [0.05, 0.1) is 20.6 Å². The molecule has 0 aliphatic rings. The van der Waals surface area contributed by atoms with Crippen LogP contribution in [0.1, 0.15) is 17.5 Å². The minimum atomic E-state index is -0.391. The molecule has 2 N–H and O–H groups in total. The lowest BCUT2D eigenvalue weighted by Crippen LogP contribution is -2.02. The molecule has 0 amide bonds. The van der Waals surface area contributed by atoms with E-state index in [1.807, 2.05) is 0 Å². The van der Waals surface area contributed by atoms with E-state index in [1.165, 1.54) is 62.8 Å². The molecule has 2 aromatic carbocycles. The van der Waals surface area contributed by atoms with Gasteiger partial charge in [-0.3, -0.25) is 9.59 Å². The van der Waals surface area contributed by atoms with E-state index in [9.17, 15) is 19.8 Å². The minimum absolute atomic E-state index is 0.0435. The summed E-state index contributed by atoms with van der Waals surface area (Å²) < 4.78 is 10.3. The SMILES string of the molecule is COc1ccc(O)cc1/C=C/C(=O)CC(=O)/C=C/c1cc(O)ccc1OC. The summed E-state index contributed by atoms with van der Waals surface area (Å²) in [4.78, 5) is 24.0. The maximum Gasteiger partial charge on any atom is 0.163 e. The molecule has 0 aliphatic heterocycles. The van der Waals surface area contributed by atoms with Crippen molar-refractivity contribution < 1.29 is 29.3 Å². The van der Waals surface area contributed by atoms with Gasteiger partial charge in [0, 0.05) is 11.1 Å². The van der Waals surface area contributed by atoms with Crippen LogP contribution in [0.2, 0.25) is 0 Å². The van der Waals surface area contributed by atoms with Crippen LogP contribution < -0.4 is 9.47 Å². The first kappa shape index (κ1) is 19.8. The monoisotopic (exact) mass is 368 g/mol. The molecule has 0 radical (unpaired) electrons. The van der Waals surface area contributed by atoms with Crippen molar-refractivity contribution in [3.63, 3.8) is 0 Å². The lowest BCUT2D eigenvalue weighted by atomic mass is 10.1. The fraction of sp³-hybridized carbons (Fsp3) is 0.143. The van der Waals surface area contributed by atoms with Crippen molar-refractivity contribution in [1.29, 1.82) is 0 Å². The molecule has 6 nitrogen and oxygen atoms in total. The molecule has 0 aromatic heterocycles. The van der Waals surface area contributed by atoms with Crippen LogP contribution >= 0.6 is 0 Å². The predicted octanol–water partition coefficient (Wildman–Crippen LogP) is 3.37. The molecule has 2 rings (SSSR count). The van der Waals surface area contributed by atoms with Gasteiger partial charge in [0.2, 0.25) is 0 Å². The number of benzene rings is 2. The summed E-state index contributed by atoms with van der Waals surface area (Å²) in [5.74, 6) is 0.304. The minimum Gasteiger partial charge on any atom is -0.508 e. The van der Waals surface area contributed by atoms with Gasteiger partial charge in [0.1, 0.15) is 23.0 Å². The average molecular weight is 368 g/mol. The third-order valence-electron chi connectivity index (χ3n) is 3.67. The van der Waals surface area contributed by atoms with Crippen LogP contribution in [0.15, 0.2) is 48.6 Å². The number of hydrogen-bond acceptors (Lipinski definition) is 6. The topological polar surface area (TPSA) is 93.1 Å². The number of rotatable bonds is 8. The van der Waals surface area contributed by atoms with Crippen LogP contribution in [0, 0.1) is 0 Å². The van der Waals surface area contributed by atoms with E-state index in [-0.39, 0.29) is 17.9 Å². The van der Waals surface area contributed by atoms with Gasteiger partial charge in [-0.25, -0.2) is 0 Å². The molecule has 0 aliphatic carbocycles. The second-order valence-corrected chi connectivity index (χ2v) is 5.63. The van der Waals surface area contributed by atoms with Crippen molar-refractivity contribution in [1.82, 2.24) is 0 Å². The van der Waals surface area contributed by atoms with Gasteiger partial charge in [-0.2, -0.15) is 0 Å². The second-order valence-electron chi connectivity index (χ2n) is 5.63. The van der Waals surface area contributed by atoms with Crippen LogP contribution in [-0.4, -0.2) is 36.0 Å². The predicted molar refractivity (Wildman–Crippen MR) is 102 cm³/mol. The Labute approximate surface area is 157 Å². The molecule has 0 unspecified atom stereocenters. The summed E-state index contributed by atoms with van der Waals surface area (Å²) in [5, 5.41) is 19.0. The highest BCUT2D eigenvalue weighted by atomic mass is 16.5. The van der Waals surface area contributed by atoms with Crippen molar-refractivity contribution in [2.24, 2.45) is 0 Å². The molecule has 6 heteroatoms. The van der Waals surface area contributed by atoms with Gasteiger partial charge in [-0.15, -0.1) is 0 Å². The molecule has 0 saturated carbocycles. The molecule has 2 aromatic rings. The molecular weight excluding hydrogens is 348 g/mol. The summed E-state index contributed by atoms with van der Waals surface area (Å²) in [7, 11) is 2.96. The number of aromatic hydroxyl groups is 2. The van der Waals surface area contributed by atoms with Crippen LogP contribution in [0.25, 0.3) is 12.2 Å². The largest absolute Gasteiger partial charge is 0.508 e. The van der Waals surface area contributed by atoms with E-state index in [0.717, 1.165) is 0 Å². The molecule has 0 spiro atoms. The fourth-order valence-corrected chi connectivity index (χ4v) is 2.36. The second kappa shape index (κ2) is 9.24. The first-order chi connectivity index (χ1) is 12.9. The number of hydrogen-bond donors (Lipinski definition) is 2. The van der Waals surface area contributed by atoms with Crippen molar-refractivity contribution in [3.8, 4) is 23.0 Å². The summed E-state index contributed by atoms with van der Waals surface area (Å²) >= 11 is 0. The summed E-state index contributed by atoms with van der Waals surface area (Å²) in [6.45, 7) is 0. The third-order valence-corrected chi connectivity index (χ3v) is 3.67. The molecule has 0 saturated heterocycles. The first-order valence-electron chi connectivity index (χ1n) is 8.08. The van der Waals surface area contributed by atoms with Crippen molar-refractivity contribution in [2.45, 2.75) is 6.42 Å². The Hall–Kier alpha value is -3.54. The van der Waals surface area contributed by atoms with Crippen LogP contribution in [0.5, 0.6) is 23.0 Å². The zero-order valence-corrected chi connectivity index (χ0v) is 15.0. The summed E-state index contributed by atoms with van der Waals surface area (Å²) in [5.41, 5.74) is 1.05. The highest BCUT2D eigenvalue weighted by Gasteiger charge is 2.07. The molecule has 27 heavy (non-hydrogen) atoms. The molecule has 0 bridgehead atoms. The zero-order valence-electron chi connectivity index (χ0n) is 15.0. The van der Waals surface area contributed by atoms with Crippen LogP contribution in [0.4, 0.5) is 0 Å². The number of carbonyl (C=O) groups excluding carboxylic acids is 2. The molecule has 0 atom stereocenters. The van der Waals surface area contributed by atoms with Gasteiger partial charge in [-0.1, -0.05) is 0 Å². The molecule has 0 fully saturated rings. The van der Waals surface area contributed by atoms with Crippen LogP contribution in [-0.2, 0) is 9.59 Å². The number of ketones is 2. The molecule has 0 heterocycles. The Morgan fingerprint density at radius 1 is 0.815 bits per heavy atom. The fourth-order valence-electron chi connectivity index (χ4n) is 2.36. The van der Waals surface area contributed by atoms with Gasteiger partial charge in [0.25, 0.3) is 0 Å². The number of phenolic OH excluding ortho intramolecular Hbond substituents is 2.